The van der Waals surface area contributed by atoms with Crippen LogP contribution < -0.4 is 5.32 Å². The number of rotatable bonds is 6. The van der Waals surface area contributed by atoms with Gasteiger partial charge in [-0.2, -0.15) is 18.4 Å². The Kier molecular flexibility index (Phi) is 5.30. The van der Waals surface area contributed by atoms with E-state index in [1.54, 1.807) is 6.07 Å². The van der Waals surface area contributed by atoms with E-state index in [0.717, 1.165) is 7.11 Å². The Balaban J connectivity index is 2.13. The summed E-state index contributed by atoms with van der Waals surface area (Å²) in [5, 5.41) is 17.4. The number of methoxy groups -OCH3 is 1. The highest BCUT2D eigenvalue weighted by atomic mass is 19.4. The van der Waals surface area contributed by atoms with Crippen molar-refractivity contribution in [3.8, 4) is 6.07 Å². The van der Waals surface area contributed by atoms with E-state index in [-0.39, 0.29) is 12.0 Å². The average molecular weight is 368 g/mol. The van der Waals surface area contributed by atoms with Crippen LogP contribution in [0.5, 0.6) is 0 Å². The van der Waals surface area contributed by atoms with Crippen LogP contribution in [-0.2, 0) is 26.4 Å². The Morgan fingerprint density at radius 3 is 2.31 bits per heavy atom. The van der Waals surface area contributed by atoms with Gasteiger partial charge in [-0.1, -0.05) is 24.3 Å². The molecule has 0 saturated heterocycles. The first-order valence-corrected chi connectivity index (χ1v) is 7.52. The van der Waals surface area contributed by atoms with Gasteiger partial charge >= 0.3 is 17.8 Å². The Bertz CT molecular complexity index is 762. The van der Waals surface area contributed by atoms with Crippen molar-refractivity contribution >= 4 is 11.9 Å². The van der Waals surface area contributed by atoms with Crippen LogP contribution in [0.4, 0.5) is 13.2 Å². The number of nitriles is 1. The number of halogens is 3. The fraction of sp³-hybridized carbons (Fsp3) is 0.438. The van der Waals surface area contributed by atoms with Crippen molar-refractivity contribution in [1.82, 2.24) is 5.32 Å². The molecule has 0 fully saturated rings. The number of esters is 1. The largest absolute Gasteiger partial charge is 0.467 e. The molecule has 0 bridgehead atoms. The molecule has 1 aliphatic rings. The summed E-state index contributed by atoms with van der Waals surface area (Å²) in [6.07, 6.45) is -4.63. The van der Waals surface area contributed by atoms with Gasteiger partial charge in [-0.25, -0.2) is 4.79 Å². The van der Waals surface area contributed by atoms with Crippen LogP contribution in [0.1, 0.15) is 18.1 Å². The molecule has 26 heavy (non-hydrogen) atoms. The molecule has 2 rings (SSSR count). The van der Waals surface area contributed by atoms with Gasteiger partial charge in [-0.05, 0) is 12.5 Å². The van der Waals surface area contributed by atoms with E-state index in [1.165, 1.54) is 31.2 Å². The summed E-state index contributed by atoms with van der Waals surface area (Å²) in [5.74, 6) is -2.34. The fourth-order valence-corrected chi connectivity index (χ4v) is 2.24. The molecule has 0 spiro atoms. The van der Waals surface area contributed by atoms with Gasteiger partial charge in [0.05, 0.1) is 13.2 Å². The van der Waals surface area contributed by atoms with Gasteiger partial charge in [0.2, 0.25) is 5.91 Å². The minimum atomic E-state index is -4.62. The van der Waals surface area contributed by atoms with Crippen LogP contribution in [-0.4, -0.2) is 31.2 Å². The number of ether oxygens (including phenoxy) is 1. The minimum absolute atomic E-state index is 0.00978. The minimum Gasteiger partial charge on any atom is -0.467 e. The third-order valence-corrected chi connectivity index (χ3v) is 3.88. The zero-order valence-corrected chi connectivity index (χ0v) is 13.9. The monoisotopic (exact) mass is 368 g/mol. The molecule has 2 atom stereocenters. The Hall–Kier alpha value is -2.96. The molecule has 138 valence electrons. The molecule has 1 aromatic rings. The quantitative estimate of drug-likeness (QED) is 0.778. The predicted molar refractivity (Wildman–Crippen MR) is 81.5 cm³/mol. The van der Waals surface area contributed by atoms with E-state index in [4.69, 9.17) is 5.26 Å². The fourth-order valence-electron chi connectivity index (χ4n) is 2.24. The lowest BCUT2D eigenvalue weighted by atomic mass is 9.98. The van der Waals surface area contributed by atoms with Crippen LogP contribution in [0.3, 0.4) is 0 Å². The normalized spacial score (nSPS) is 16.9. The second-order valence-corrected chi connectivity index (χ2v) is 5.71. The lowest BCUT2D eigenvalue weighted by Crippen LogP contribution is -2.44. The van der Waals surface area contributed by atoms with Crippen LogP contribution in [0.15, 0.2) is 34.5 Å². The number of hydrogen-bond acceptors (Lipinski definition) is 6. The zero-order chi connectivity index (χ0) is 19.5. The molecule has 10 heteroatoms. The van der Waals surface area contributed by atoms with Gasteiger partial charge < -0.3 is 10.1 Å². The number of nitrogens with one attached hydrogen (secondary N) is 1. The lowest BCUT2D eigenvalue weighted by molar-refractivity contribution is -0.166. The maximum Gasteiger partial charge on any atom is 0.442 e. The van der Waals surface area contributed by atoms with Gasteiger partial charge in [0.1, 0.15) is 12.0 Å². The zero-order valence-electron chi connectivity index (χ0n) is 13.9. The molecular weight excluding hydrogens is 353 g/mol. The summed E-state index contributed by atoms with van der Waals surface area (Å²) in [4.78, 5) is 23.6. The number of amides is 1. The van der Waals surface area contributed by atoms with Crippen molar-refractivity contribution in [1.29, 1.82) is 5.26 Å². The highest BCUT2D eigenvalue weighted by Gasteiger charge is 2.65. The molecule has 7 nitrogen and oxygen atoms in total. The van der Waals surface area contributed by atoms with Crippen LogP contribution in [0, 0.1) is 17.2 Å². The van der Waals surface area contributed by atoms with Crippen molar-refractivity contribution in [2.45, 2.75) is 31.2 Å². The number of alkyl halides is 3. The number of nitrogens with zero attached hydrogens (tertiary/aromatic N) is 3. The summed E-state index contributed by atoms with van der Waals surface area (Å²) in [6.45, 7) is 1.37. The summed E-state index contributed by atoms with van der Waals surface area (Å²) in [6, 6.07) is 5.90. The van der Waals surface area contributed by atoms with E-state index in [0.29, 0.717) is 5.56 Å². The first-order valence-electron chi connectivity index (χ1n) is 7.52. The maximum absolute atomic E-state index is 13.0. The summed E-state index contributed by atoms with van der Waals surface area (Å²) >= 11 is 0. The highest BCUT2D eigenvalue weighted by molar-refractivity contribution is 5.87. The van der Waals surface area contributed by atoms with Crippen LogP contribution in [0.2, 0.25) is 0 Å². The van der Waals surface area contributed by atoms with Gasteiger partial charge in [0.15, 0.2) is 0 Å². The smallest absolute Gasteiger partial charge is 0.442 e. The molecule has 0 saturated carbocycles. The maximum atomic E-state index is 13.0. The van der Waals surface area contributed by atoms with Crippen LogP contribution >= 0.6 is 0 Å². The van der Waals surface area contributed by atoms with Crippen LogP contribution in [0.25, 0.3) is 0 Å². The topological polar surface area (TPSA) is 104 Å². The standard InChI is InChI=1S/C16H15F3N4O3/c1-9(8-20)13(24)21-12(14(25)26-2)7-10-3-5-11(6-4-10)15(22-23-15)16(17,18)19/h3-6,9,12H,7H2,1-2H3,(H,21,24). The number of carbonyl (C=O) groups is 2. The third kappa shape index (κ3) is 3.82. The molecule has 1 heterocycles. The summed E-state index contributed by atoms with van der Waals surface area (Å²) in [5.41, 5.74) is -2.15. The highest BCUT2D eigenvalue weighted by Crippen LogP contribution is 2.52. The van der Waals surface area contributed by atoms with Gasteiger partial charge in [0.25, 0.3) is 0 Å². The first kappa shape index (κ1) is 19.4. The van der Waals surface area contributed by atoms with E-state index in [1.807, 2.05) is 0 Å². The summed E-state index contributed by atoms with van der Waals surface area (Å²) in [7, 11) is 1.14. The Labute approximate surface area is 146 Å². The molecule has 1 aliphatic heterocycles. The predicted octanol–water partition coefficient (Wildman–Crippen LogP) is 2.23. The molecule has 1 aromatic carbocycles. The molecule has 0 aromatic heterocycles. The second kappa shape index (κ2) is 7.11. The molecular formula is C16H15F3N4O3. The molecule has 1 amide bonds. The van der Waals surface area contributed by atoms with E-state index < -0.39 is 35.7 Å². The lowest BCUT2D eigenvalue weighted by Gasteiger charge is -2.18. The average Bonchev–Trinajstić information content (AvgIpc) is 3.42. The van der Waals surface area contributed by atoms with Gasteiger partial charge in [-0.15, -0.1) is 10.2 Å². The number of carbonyl (C=O) groups excluding carboxylic acids is 2. The van der Waals surface area contributed by atoms with Crippen molar-refractivity contribution in [3.05, 3.63) is 35.4 Å². The van der Waals surface area contributed by atoms with Gasteiger partial charge in [-0.3, -0.25) is 4.79 Å². The van der Waals surface area contributed by atoms with E-state index >= 15 is 0 Å². The van der Waals surface area contributed by atoms with Crippen molar-refractivity contribution in [2.75, 3.05) is 7.11 Å². The Morgan fingerprint density at radius 2 is 1.88 bits per heavy atom. The second-order valence-electron chi connectivity index (χ2n) is 5.71. The third-order valence-electron chi connectivity index (χ3n) is 3.88. The number of hydrogen-bond donors (Lipinski definition) is 1. The van der Waals surface area contributed by atoms with Crippen molar-refractivity contribution in [3.63, 3.8) is 0 Å². The molecule has 2 unspecified atom stereocenters. The number of benzene rings is 1. The Morgan fingerprint density at radius 1 is 1.31 bits per heavy atom. The van der Waals surface area contributed by atoms with E-state index in [9.17, 15) is 22.8 Å². The summed E-state index contributed by atoms with van der Waals surface area (Å²) < 4.78 is 43.5. The molecule has 1 N–H and O–H groups in total. The van der Waals surface area contributed by atoms with Gasteiger partial charge in [0, 0.05) is 12.0 Å². The molecule has 0 radical (unpaired) electrons. The van der Waals surface area contributed by atoms with Crippen molar-refractivity contribution in [2.24, 2.45) is 16.1 Å². The SMILES string of the molecule is COC(=O)C(Cc1ccc(C2(C(F)(F)F)N=N2)cc1)NC(=O)C(C)C#N. The van der Waals surface area contributed by atoms with Crippen molar-refractivity contribution < 1.29 is 27.5 Å². The first-order chi connectivity index (χ1) is 12.1. The molecule has 0 aliphatic carbocycles. The van der Waals surface area contributed by atoms with E-state index in [2.05, 4.69) is 20.3 Å².